The molecule has 5 rings (SSSR count). The van der Waals surface area contributed by atoms with Crippen molar-refractivity contribution in [3.8, 4) is 17.0 Å². The number of benzene rings is 2. The summed E-state index contributed by atoms with van der Waals surface area (Å²) in [7, 11) is 0. The van der Waals surface area contributed by atoms with Crippen molar-refractivity contribution < 1.29 is 9.53 Å². The Balaban J connectivity index is 1.43. The standard InChI is InChI=1S/C25H24N2O2/c28-25(27-14-12-19-5-1-2-6-21(19)16-27)20-10-11-24(29-17-18-8-9-18)22(15-20)23-7-3-4-13-26-23/h1-7,10-11,13,15,18H,8-9,12,14,16-17H2. The summed E-state index contributed by atoms with van der Waals surface area (Å²) in [6, 6.07) is 19.9. The molecule has 1 amide bonds. The third-order valence-corrected chi connectivity index (χ3v) is 5.76. The van der Waals surface area contributed by atoms with Gasteiger partial charge in [0.05, 0.1) is 12.3 Å². The Morgan fingerprint density at radius 1 is 1.03 bits per heavy atom. The highest BCUT2D eigenvalue weighted by atomic mass is 16.5. The predicted octanol–water partition coefficient (Wildman–Crippen LogP) is 4.74. The van der Waals surface area contributed by atoms with Gasteiger partial charge in [-0.1, -0.05) is 30.3 Å². The summed E-state index contributed by atoms with van der Waals surface area (Å²) in [6.45, 7) is 2.14. The first-order valence-electron chi connectivity index (χ1n) is 10.3. The van der Waals surface area contributed by atoms with Crippen LogP contribution in [-0.2, 0) is 13.0 Å². The summed E-state index contributed by atoms with van der Waals surface area (Å²) >= 11 is 0. The van der Waals surface area contributed by atoms with Gasteiger partial charge in [-0.15, -0.1) is 0 Å². The normalized spacial score (nSPS) is 15.7. The minimum Gasteiger partial charge on any atom is -0.493 e. The van der Waals surface area contributed by atoms with Crippen molar-refractivity contribution in [2.75, 3.05) is 13.2 Å². The van der Waals surface area contributed by atoms with Crippen LogP contribution < -0.4 is 4.74 Å². The number of carbonyl (C=O) groups is 1. The SMILES string of the molecule is O=C(c1ccc(OCC2CC2)c(-c2ccccn2)c1)N1CCc2ccccc2C1. The van der Waals surface area contributed by atoms with Gasteiger partial charge in [-0.2, -0.15) is 0 Å². The van der Waals surface area contributed by atoms with Crippen molar-refractivity contribution in [1.82, 2.24) is 9.88 Å². The fourth-order valence-corrected chi connectivity index (χ4v) is 3.85. The number of hydrogen-bond acceptors (Lipinski definition) is 3. The van der Waals surface area contributed by atoms with Crippen LogP contribution in [0.2, 0.25) is 0 Å². The van der Waals surface area contributed by atoms with Gasteiger partial charge in [-0.3, -0.25) is 9.78 Å². The first kappa shape index (κ1) is 17.9. The molecule has 2 heterocycles. The Labute approximate surface area is 171 Å². The number of fused-ring (bicyclic) bond motifs is 1. The quantitative estimate of drug-likeness (QED) is 0.638. The molecule has 4 heteroatoms. The minimum atomic E-state index is 0.0606. The fraction of sp³-hybridized carbons (Fsp3) is 0.280. The van der Waals surface area contributed by atoms with E-state index < -0.39 is 0 Å². The largest absolute Gasteiger partial charge is 0.493 e. The van der Waals surface area contributed by atoms with Crippen molar-refractivity contribution in [1.29, 1.82) is 0 Å². The number of nitrogens with zero attached hydrogens (tertiary/aromatic N) is 2. The van der Waals surface area contributed by atoms with Crippen LogP contribution in [0.15, 0.2) is 66.9 Å². The van der Waals surface area contributed by atoms with Gasteiger partial charge < -0.3 is 9.64 Å². The highest BCUT2D eigenvalue weighted by molar-refractivity contribution is 5.96. The van der Waals surface area contributed by atoms with Crippen LogP contribution in [0.1, 0.15) is 34.3 Å². The average Bonchev–Trinajstić information content (AvgIpc) is 3.62. The topological polar surface area (TPSA) is 42.4 Å². The third kappa shape index (κ3) is 3.88. The monoisotopic (exact) mass is 384 g/mol. The van der Waals surface area contributed by atoms with E-state index in [2.05, 4.69) is 23.2 Å². The number of hydrogen-bond donors (Lipinski definition) is 0. The second-order valence-electron chi connectivity index (χ2n) is 7.93. The van der Waals surface area contributed by atoms with Gasteiger partial charge in [-0.25, -0.2) is 0 Å². The van der Waals surface area contributed by atoms with Gasteiger partial charge in [-0.05, 0) is 66.6 Å². The van der Waals surface area contributed by atoms with Crippen LogP contribution in [0.3, 0.4) is 0 Å². The Morgan fingerprint density at radius 3 is 2.66 bits per heavy atom. The summed E-state index contributed by atoms with van der Waals surface area (Å²) in [5.41, 5.74) is 4.98. The summed E-state index contributed by atoms with van der Waals surface area (Å²) in [6.07, 6.45) is 5.16. The van der Waals surface area contributed by atoms with Crippen LogP contribution in [0.5, 0.6) is 5.75 Å². The average molecular weight is 384 g/mol. The summed E-state index contributed by atoms with van der Waals surface area (Å²) < 4.78 is 6.08. The lowest BCUT2D eigenvalue weighted by atomic mass is 9.98. The zero-order valence-electron chi connectivity index (χ0n) is 16.4. The van der Waals surface area contributed by atoms with Crippen molar-refractivity contribution in [3.63, 3.8) is 0 Å². The molecule has 0 radical (unpaired) electrons. The maximum absolute atomic E-state index is 13.2. The molecule has 0 bridgehead atoms. The molecule has 2 aliphatic rings. The maximum atomic E-state index is 13.2. The van der Waals surface area contributed by atoms with Gasteiger partial charge in [0.15, 0.2) is 0 Å². The summed E-state index contributed by atoms with van der Waals surface area (Å²) in [5.74, 6) is 1.53. The van der Waals surface area contributed by atoms with E-state index >= 15 is 0 Å². The third-order valence-electron chi connectivity index (χ3n) is 5.76. The van der Waals surface area contributed by atoms with Crippen LogP contribution in [0.25, 0.3) is 11.3 Å². The molecule has 0 atom stereocenters. The molecule has 1 aliphatic heterocycles. The van der Waals surface area contributed by atoms with Crippen LogP contribution in [0.4, 0.5) is 0 Å². The molecule has 1 aliphatic carbocycles. The number of amides is 1. The molecule has 29 heavy (non-hydrogen) atoms. The summed E-state index contributed by atoms with van der Waals surface area (Å²) in [4.78, 5) is 19.7. The number of aromatic nitrogens is 1. The molecule has 1 saturated carbocycles. The van der Waals surface area contributed by atoms with Crippen LogP contribution in [0, 0.1) is 5.92 Å². The highest BCUT2D eigenvalue weighted by Crippen LogP contribution is 2.34. The Bertz CT molecular complexity index is 1030. The zero-order valence-corrected chi connectivity index (χ0v) is 16.4. The highest BCUT2D eigenvalue weighted by Gasteiger charge is 2.25. The van der Waals surface area contributed by atoms with Gasteiger partial charge in [0, 0.05) is 30.4 Å². The second-order valence-corrected chi connectivity index (χ2v) is 7.93. The maximum Gasteiger partial charge on any atom is 0.254 e. The molecule has 0 N–H and O–H groups in total. The number of pyridine rings is 1. The van der Waals surface area contributed by atoms with Crippen molar-refractivity contribution >= 4 is 5.91 Å². The first-order valence-corrected chi connectivity index (χ1v) is 10.3. The molecule has 0 unspecified atom stereocenters. The molecular formula is C25H24N2O2. The van der Waals surface area contributed by atoms with Crippen LogP contribution >= 0.6 is 0 Å². The van der Waals surface area contributed by atoms with Gasteiger partial charge >= 0.3 is 0 Å². The van der Waals surface area contributed by atoms with E-state index in [0.29, 0.717) is 18.0 Å². The fourth-order valence-electron chi connectivity index (χ4n) is 3.85. The lowest BCUT2D eigenvalue weighted by molar-refractivity contribution is 0.0734. The lowest BCUT2D eigenvalue weighted by Crippen LogP contribution is -2.35. The summed E-state index contributed by atoms with van der Waals surface area (Å²) in [5, 5.41) is 0. The molecular weight excluding hydrogens is 360 g/mol. The van der Waals surface area contributed by atoms with E-state index in [0.717, 1.165) is 36.6 Å². The van der Waals surface area contributed by atoms with Crippen molar-refractivity contribution in [2.24, 2.45) is 5.92 Å². The zero-order chi connectivity index (χ0) is 19.6. The number of rotatable bonds is 5. The predicted molar refractivity (Wildman–Crippen MR) is 113 cm³/mol. The van der Waals surface area contributed by atoms with E-state index in [1.807, 2.05) is 47.4 Å². The molecule has 4 nitrogen and oxygen atoms in total. The molecule has 1 fully saturated rings. The van der Waals surface area contributed by atoms with Gasteiger partial charge in [0.25, 0.3) is 5.91 Å². The van der Waals surface area contributed by atoms with E-state index in [1.165, 1.54) is 24.0 Å². The van der Waals surface area contributed by atoms with Gasteiger partial charge in [0.1, 0.15) is 5.75 Å². The van der Waals surface area contributed by atoms with E-state index in [4.69, 9.17) is 4.74 Å². The molecule has 3 aromatic rings. The second kappa shape index (κ2) is 7.70. The van der Waals surface area contributed by atoms with E-state index in [1.54, 1.807) is 6.20 Å². The number of carbonyl (C=O) groups excluding carboxylic acids is 1. The lowest BCUT2D eigenvalue weighted by Gasteiger charge is -2.29. The number of ether oxygens (including phenoxy) is 1. The first-order chi connectivity index (χ1) is 14.3. The Morgan fingerprint density at radius 2 is 1.86 bits per heavy atom. The molecule has 0 spiro atoms. The van der Waals surface area contributed by atoms with E-state index in [9.17, 15) is 4.79 Å². The minimum absolute atomic E-state index is 0.0606. The van der Waals surface area contributed by atoms with Crippen molar-refractivity contribution in [3.05, 3.63) is 83.6 Å². The Hall–Kier alpha value is -3.14. The van der Waals surface area contributed by atoms with Crippen LogP contribution in [-0.4, -0.2) is 28.9 Å². The van der Waals surface area contributed by atoms with E-state index in [-0.39, 0.29) is 5.91 Å². The van der Waals surface area contributed by atoms with Crippen molar-refractivity contribution in [2.45, 2.75) is 25.8 Å². The molecule has 146 valence electrons. The van der Waals surface area contributed by atoms with Gasteiger partial charge in [0.2, 0.25) is 0 Å². The molecule has 2 aromatic carbocycles. The Kier molecular flexibility index (Phi) is 4.76. The smallest absolute Gasteiger partial charge is 0.254 e. The molecule has 0 saturated heterocycles. The molecule has 1 aromatic heterocycles.